The van der Waals surface area contributed by atoms with Crippen LogP contribution in [-0.2, 0) is 0 Å². The summed E-state index contributed by atoms with van der Waals surface area (Å²) in [6.07, 6.45) is 5.66. The van der Waals surface area contributed by atoms with Gasteiger partial charge in [-0.05, 0) is 37.1 Å². The zero-order valence-electron chi connectivity index (χ0n) is 12.6. The molecule has 0 atom stereocenters. The van der Waals surface area contributed by atoms with Crippen LogP contribution < -0.4 is 0 Å². The van der Waals surface area contributed by atoms with Crippen molar-refractivity contribution in [2.75, 3.05) is 13.1 Å². The number of furan rings is 1. The summed E-state index contributed by atoms with van der Waals surface area (Å²) < 4.78 is 19.4. The average Bonchev–Trinajstić information content (AvgIpc) is 2.96. The summed E-state index contributed by atoms with van der Waals surface area (Å²) in [5.74, 6) is 0.249. The van der Waals surface area contributed by atoms with E-state index >= 15 is 0 Å². The Balaban J connectivity index is 1.78. The van der Waals surface area contributed by atoms with Crippen molar-refractivity contribution < 1.29 is 13.6 Å². The van der Waals surface area contributed by atoms with Crippen LogP contribution >= 0.6 is 0 Å². The molecule has 0 unspecified atom stereocenters. The third kappa shape index (κ3) is 3.21. The number of carbonyl (C=O) groups is 1. The van der Waals surface area contributed by atoms with Crippen molar-refractivity contribution in [3.63, 3.8) is 0 Å². The molecule has 0 radical (unpaired) electrons. The van der Waals surface area contributed by atoms with Crippen molar-refractivity contribution in [2.24, 2.45) is 0 Å². The van der Waals surface area contributed by atoms with E-state index in [0.29, 0.717) is 17.1 Å². The molecule has 1 aromatic heterocycles. The van der Waals surface area contributed by atoms with Crippen LogP contribution in [0.2, 0.25) is 0 Å². The lowest BCUT2D eigenvalue weighted by atomic mass is 10.1. The summed E-state index contributed by atoms with van der Waals surface area (Å²) in [5, 5.41) is 0. The van der Waals surface area contributed by atoms with Crippen molar-refractivity contribution in [1.82, 2.24) is 4.90 Å². The molecule has 1 saturated heterocycles. The fourth-order valence-electron chi connectivity index (χ4n) is 2.87. The van der Waals surface area contributed by atoms with E-state index in [2.05, 4.69) is 0 Å². The molecular weight excluding hydrogens is 281 g/mol. The van der Waals surface area contributed by atoms with Gasteiger partial charge in [0.25, 0.3) is 5.91 Å². The molecule has 116 valence electrons. The summed E-state index contributed by atoms with van der Waals surface area (Å²) >= 11 is 0. The van der Waals surface area contributed by atoms with Gasteiger partial charge in [0.15, 0.2) is 5.76 Å². The fraction of sp³-hybridized carbons (Fsp3) is 0.389. The minimum Gasteiger partial charge on any atom is -0.451 e. The molecule has 4 heteroatoms. The van der Waals surface area contributed by atoms with Crippen molar-refractivity contribution >= 4 is 5.91 Å². The van der Waals surface area contributed by atoms with E-state index in [-0.39, 0.29) is 11.7 Å². The Kier molecular flexibility index (Phi) is 4.56. The maximum Gasteiger partial charge on any atom is 0.289 e. The summed E-state index contributed by atoms with van der Waals surface area (Å²) in [7, 11) is 0. The second-order valence-corrected chi connectivity index (χ2v) is 5.70. The van der Waals surface area contributed by atoms with Gasteiger partial charge in [0.1, 0.15) is 11.6 Å². The lowest BCUT2D eigenvalue weighted by Gasteiger charge is -2.23. The lowest BCUT2D eigenvalue weighted by molar-refractivity contribution is 0.0711. The number of halogens is 1. The number of benzene rings is 1. The molecule has 3 rings (SSSR count). The van der Waals surface area contributed by atoms with Crippen LogP contribution in [0, 0.1) is 5.82 Å². The number of amides is 1. The SMILES string of the molecule is O=C(c1ccc(-c2ccccc2F)o1)N1CCCCCCC1. The number of hydrogen-bond acceptors (Lipinski definition) is 2. The maximum absolute atomic E-state index is 13.8. The van der Waals surface area contributed by atoms with E-state index in [1.165, 1.54) is 25.3 Å². The third-order valence-electron chi connectivity index (χ3n) is 4.10. The van der Waals surface area contributed by atoms with E-state index in [1.807, 2.05) is 4.90 Å². The average molecular weight is 301 g/mol. The smallest absolute Gasteiger partial charge is 0.289 e. The number of rotatable bonds is 2. The summed E-state index contributed by atoms with van der Waals surface area (Å²) in [4.78, 5) is 14.4. The molecule has 1 fully saturated rings. The number of likely N-dealkylation sites (tertiary alicyclic amines) is 1. The minimum atomic E-state index is -0.345. The van der Waals surface area contributed by atoms with Gasteiger partial charge in [-0.2, -0.15) is 0 Å². The van der Waals surface area contributed by atoms with Gasteiger partial charge in [0.05, 0.1) is 5.56 Å². The zero-order chi connectivity index (χ0) is 15.4. The lowest BCUT2D eigenvalue weighted by Crippen LogP contribution is -2.33. The Morgan fingerprint density at radius 2 is 1.64 bits per heavy atom. The zero-order valence-corrected chi connectivity index (χ0v) is 12.6. The van der Waals surface area contributed by atoms with Crippen LogP contribution in [0.25, 0.3) is 11.3 Å². The van der Waals surface area contributed by atoms with Crippen molar-refractivity contribution in [3.05, 3.63) is 48.0 Å². The van der Waals surface area contributed by atoms with Crippen LogP contribution in [0.3, 0.4) is 0 Å². The molecule has 1 aliphatic rings. The molecule has 1 aromatic carbocycles. The molecule has 1 aliphatic heterocycles. The van der Waals surface area contributed by atoms with Gasteiger partial charge in [-0.15, -0.1) is 0 Å². The maximum atomic E-state index is 13.8. The molecular formula is C18H20FNO2. The number of nitrogens with zero attached hydrogens (tertiary/aromatic N) is 1. The van der Waals surface area contributed by atoms with E-state index in [4.69, 9.17) is 4.42 Å². The topological polar surface area (TPSA) is 33.5 Å². The van der Waals surface area contributed by atoms with Crippen LogP contribution in [0.15, 0.2) is 40.8 Å². The molecule has 1 amide bonds. The molecule has 2 aromatic rings. The highest BCUT2D eigenvalue weighted by Gasteiger charge is 2.20. The van der Waals surface area contributed by atoms with Crippen molar-refractivity contribution in [2.45, 2.75) is 32.1 Å². The van der Waals surface area contributed by atoms with Crippen LogP contribution in [0.5, 0.6) is 0 Å². The molecule has 22 heavy (non-hydrogen) atoms. The summed E-state index contributed by atoms with van der Waals surface area (Å²) in [6.45, 7) is 1.54. The Labute approximate surface area is 129 Å². The largest absolute Gasteiger partial charge is 0.451 e. The molecule has 0 bridgehead atoms. The van der Waals surface area contributed by atoms with Crippen molar-refractivity contribution in [3.8, 4) is 11.3 Å². The molecule has 0 aliphatic carbocycles. The highest BCUT2D eigenvalue weighted by atomic mass is 19.1. The number of hydrogen-bond donors (Lipinski definition) is 0. The second kappa shape index (κ2) is 6.77. The van der Waals surface area contributed by atoms with Crippen LogP contribution in [0.4, 0.5) is 4.39 Å². The first-order valence-electron chi connectivity index (χ1n) is 7.90. The van der Waals surface area contributed by atoms with Gasteiger partial charge in [0, 0.05) is 13.1 Å². The quantitative estimate of drug-likeness (QED) is 0.818. The first-order chi connectivity index (χ1) is 10.8. The molecule has 2 heterocycles. The highest BCUT2D eigenvalue weighted by molar-refractivity contribution is 5.92. The summed E-state index contributed by atoms with van der Waals surface area (Å²) in [5.41, 5.74) is 0.384. The van der Waals surface area contributed by atoms with Crippen molar-refractivity contribution in [1.29, 1.82) is 0 Å². The Bertz CT molecular complexity index is 642. The van der Waals surface area contributed by atoms with Gasteiger partial charge in [-0.25, -0.2) is 4.39 Å². The van der Waals surface area contributed by atoms with Crippen LogP contribution in [0.1, 0.15) is 42.7 Å². The third-order valence-corrected chi connectivity index (χ3v) is 4.10. The van der Waals surface area contributed by atoms with E-state index in [1.54, 1.807) is 30.3 Å². The summed E-state index contributed by atoms with van der Waals surface area (Å²) in [6, 6.07) is 9.73. The standard InChI is InChI=1S/C18H20FNO2/c19-15-9-5-4-8-14(15)16-10-11-17(22-16)18(21)20-12-6-2-1-3-7-13-20/h4-5,8-11H,1-3,6-7,12-13H2. The van der Waals surface area contributed by atoms with E-state index in [9.17, 15) is 9.18 Å². The number of carbonyl (C=O) groups excluding carboxylic acids is 1. The van der Waals surface area contributed by atoms with Gasteiger partial charge < -0.3 is 9.32 Å². The minimum absolute atomic E-state index is 0.0931. The predicted octanol–water partition coefficient (Wildman–Crippen LogP) is 4.49. The molecule has 3 nitrogen and oxygen atoms in total. The highest BCUT2D eigenvalue weighted by Crippen LogP contribution is 2.25. The Hall–Kier alpha value is -2.10. The predicted molar refractivity (Wildman–Crippen MR) is 83.1 cm³/mol. The molecule has 0 spiro atoms. The van der Waals surface area contributed by atoms with Gasteiger partial charge >= 0.3 is 0 Å². The first-order valence-corrected chi connectivity index (χ1v) is 7.90. The first kappa shape index (κ1) is 14.8. The Morgan fingerprint density at radius 3 is 2.36 bits per heavy atom. The fourth-order valence-corrected chi connectivity index (χ4v) is 2.87. The second-order valence-electron chi connectivity index (χ2n) is 5.70. The van der Waals surface area contributed by atoms with Gasteiger partial charge in [0.2, 0.25) is 0 Å². The normalized spacial score (nSPS) is 16.1. The van der Waals surface area contributed by atoms with Gasteiger partial charge in [-0.3, -0.25) is 4.79 Å². The molecule has 0 N–H and O–H groups in total. The van der Waals surface area contributed by atoms with E-state index < -0.39 is 0 Å². The van der Waals surface area contributed by atoms with E-state index in [0.717, 1.165) is 25.9 Å². The molecule has 0 saturated carbocycles. The van der Waals surface area contributed by atoms with Gasteiger partial charge in [-0.1, -0.05) is 31.4 Å². The monoisotopic (exact) mass is 301 g/mol. The Morgan fingerprint density at radius 1 is 0.955 bits per heavy atom. The van der Waals surface area contributed by atoms with Crippen LogP contribution in [-0.4, -0.2) is 23.9 Å².